The molecule has 6 nitrogen and oxygen atoms in total. The van der Waals surface area contributed by atoms with Crippen molar-refractivity contribution in [3.8, 4) is 0 Å². The SMILES string of the molecule is COCCCC1CCN(c2nc(Cc3cc(C(C)(C)C)ccc3C)c3c(ncn3C(C)C)n2)CC1. The summed E-state index contributed by atoms with van der Waals surface area (Å²) in [7, 11) is 1.79. The topological polar surface area (TPSA) is 56.1 Å². The van der Waals surface area contributed by atoms with Gasteiger partial charge in [-0.2, -0.15) is 4.98 Å². The van der Waals surface area contributed by atoms with Crippen LogP contribution in [0.4, 0.5) is 5.95 Å². The molecular formula is C29H43N5O. The van der Waals surface area contributed by atoms with Crippen LogP contribution in [0.5, 0.6) is 0 Å². The molecule has 190 valence electrons. The van der Waals surface area contributed by atoms with Crippen LogP contribution in [0.25, 0.3) is 11.2 Å². The second kappa shape index (κ2) is 10.7. The zero-order valence-electron chi connectivity index (χ0n) is 22.8. The van der Waals surface area contributed by atoms with Gasteiger partial charge in [-0.3, -0.25) is 0 Å². The van der Waals surface area contributed by atoms with Crippen molar-refractivity contribution >= 4 is 17.1 Å². The first-order valence-corrected chi connectivity index (χ1v) is 13.2. The number of ether oxygens (including phenoxy) is 1. The van der Waals surface area contributed by atoms with E-state index in [0.29, 0.717) is 6.04 Å². The van der Waals surface area contributed by atoms with Crippen molar-refractivity contribution in [2.45, 2.75) is 85.1 Å². The van der Waals surface area contributed by atoms with Crippen molar-refractivity contribution in [3.63, 3.8) is 0 Å². The van der Waals surface area contributed by atoms with Crippen LogP contribution in [-0.4, -0.2) is 46.3 Å². The van der Waals surface area contributed by atoms with E-state index in [2.05, 4.69) is 69.2 Å². The zero-order valence-corrected chi connectivity index (χ0v) is 22.8. The summed E-state index contributed by atoms with van der Waals surface area (Å²) in [5.41, 5.74) is 7.06. The fourth-order valence-electron chi connectivity index (χ4n) is 5.11. The molecule has 1 saturated heterocycles. The number of nitrogens with zero attached hydrogens (tertiary/aromatic N) is 5. The number of hydrogen-bond acceptors (Lipinski definition) is 5. The van der Waals surface area contributed by atoms with E-state index in [1.54, 1.807) is 7.11 Å². The molecule has 0 amide bonds. The minimum absolute atomic E-state index is 0.113. The van der Waals surface area contributed by atoms with E-state index < -0.39 is 0 Å². The molecule has 0 atom stereocenters. The summed E-state index contributed by atoms with van der Waals surface area (Å²) in [6.45, 7) is 16.3. The molecule has 0 saturated carbocycles. The molecule has 0 aliphatic carbocycles. The third-order valence-corrected chi connectivity index (χ3v) is 7.48. The summed E-state index contributed by atoms with van der Waals surface area (Å²) in [6.07, 6.45) is 7.48. The monoisotopic (exact) mass is 477 g/mol. The van der Waals surface area contributed by atoms with Gasteiger partial charge in [0, 0.05) is 39.3 Å². The smallest absolute Gasteiger partial charge is 0.227 e. The number of anilines is 1. The standard InChI is InChI=1S/C29H43N5O/c1-20(2)34-19-30-27-26(34)25(18-23-17-24(29(4,5)6)11-10-21(23)3)31-28(32-27)33-14-12-22(13-15-33)9-8-16-35-7/h10-11,17,19-20,22H,8-9,12-16,18H2,1-7H3. The number of piperidine rings is 1. The second-order valence-corrected chi connectivity index (χ2v) is 11.5. The van der Waals surface area contributed by atoms with Crippen molar-refractivity contribution in [1.29, 1.82) is 0 Å². The Kier molecular flexibility index (Phi) is 7.80. The number of imidazole rings is 1. The number of fused-ring (bicyclic) bond motifs is 1. The zero-order chi connectivity index (χ0) is 25.2. The van der Waals surface area contributed by atoms with Crippen molar-refractivity contribution in [2.75, 3.05) is 31.7 Å². The van der Waals surface area contributed by atoms with Crippen LogP contribution >= 0.6 is 0 Å². The molecule has 1 aliphatic rings. The van der Waals surface area contributed by atoms with Crippen LogP contribution in [-0.2, 0) is 16.6 Å². The molecule has 0 unspecified atom stereocenters. The predicted molar refractivity (Wildman–Crippen MR) is 144 cm³/mol. The van der Waals surface area contributed by atoms with Gasteiger partial charge in [0.2, 0.25) is 5.95 Å². The molecule has 0 radical (unpaired) electrons. The Morgan fingerprint density at radius 3 is 2.51 bits per heavy atom. The number of aromatic nitrogens is 4. The summed E-state index contributed by atoms with van der Waals surface area (Å²) in [5, 5.41) is 0. The Morgan fingerprint density at radius 1 is 1.11 bits per heavy atom. The fourth-order valence-corrected chi connectivity index (χ4v) is 5.11. The second-order valence-electron chi connectivity index (χ2n) is 11.5. The van der Waals surface area contributed by atoms with Gasteiger partial charge in [-0.25, -0.2) is 9.97 Å². The molecule has 1 aliphatic heterocycles. The van der Waals surface area contributed by atoms with Crippen LogP contribution in [0.2, 0.25) is 0 Å². The maximum atomic E-state index is 5.24. The highest BCUT2D eigenvalue weighted by molar-refractivity contribution is 5.76. The lowest BCUT2D eigenvalue weighted by molar-refractivity contribution is 0.183. The lowest BCUT2D eigenvalue weighted by Gasteiger charge is -2.32. The van der Waals surface area contributed by atoms with Crippen LogP contribution < -0.4 is 4.90 Å². The minimum atomic E-state index is 0.113. The number of benzene rings is 1. The van der Waals surface area contributed by atoms with E-state index in [-0.39, 0.29) is 5.41 Å². The molecular weight excluding hydrogens is 434 g/mol. The average Bonchev–Trinajstić information content (AvgIpc) is 3.25. The molecule has 3 heterocycles. The van der Waals surface area contributed by atoms with Gasteiger partial charge in [0.25, 0.3) is 0 Å². The average molecular weight is 478 g/mol. The van der Waals surface area contributed by atoms with Crippen LogP contribution in [0.3, 0.4) is 0 Å². The van der Waals surface area contributed by atoms with Crippen molar-refractivity contribution < 1.29 is 4.74 Å². The van der Waals surface area contributed by atoms with Crippen LogP contribution in [0.1, 0.15) is 88.7 Å². The number of methoxy groups -OCH3 is 1. The summed E-state index contributed by atoms with van der Waals surface area (Å²) >= 11 is 0. The molecule has 0 bridgehead atoms. The summed E-state index contributed by atoms with van der Waals surface area (Å²) in [4.78, 5) is 17.2. The Balaban J connectivity index is 1.66. The van der Waals surface area contributed by atoms with Crippen LogP contribution in [0.15, 0.2) is 24.5 Å². The van der Waals surface area contributed by atoms with Gasteiger partial charge in [-0.1, -0.05) is 39.0 Å². The first-order chi connectivity index (χ1) is 16.7. The maximum Gasteiger partial charge on any atom is 0.227 e. The Labute approximate surface area is 211 Å². The lowest BCUT2D eigenvalue weighted by atomic mass is 9.84. The Hall–Kier alpha value is -2.47. The summed E-state index contributed by atoms with van der Waals surface area (Å²) < 4.78 is 7.46. The van der Waals surface area contributed by atoms with E-state index in [1.807, 2.05) is 6.33 Å². The van der Waals surface area contributed by atoms with E-state index in [4.69, 9.17) is 19.7 Å². The normalized spacial score (nSPS) is 15.5. The highest BCUT2D eigenvalue weighted by Crippen LogP contribution is 2.30. The molecule has 4 rings (SSSR count). The molecule has 1 aromatic carbocycles. The Morgan fingerprint density at radius 2 is 1.86 bits per heavy atom. The van der Waals surface area contributed by atoms with Crippen molar-refractivity contribution in [3.05, 3.63) is 46.9 Å². The molecule has 1 fully saturated rings. The van der Waals surface area contributed by atoms with Gasteiger partial charge < -0.3 is 14.2 Å². The maximum absolute atomic E-state index is 5.24. The third-order valence-electron chi connectivity index (χ3n) is 7.48. The molecule has 0 N–H and O–H groups in total. The van der Waals surface area contributed by atoms with Gasteiger partial charge in [0.05, 0.1) is 12.0 Å². The van der Waals surface area contributed by atoms with Crippen LogP contribution in [0, 0.1) is 12.8 Å². The van der Waals surface area contributed by atoms with Gasteiger partial charge in [0.15, 0.2) is 5.65 Å². The molecule has 0 spiro atoms. The molecule has 3 aromatic rings. The first kappa shape index (κ1) is 25.6. The van der Waals surface area contributed by atoms with Gasteiger partial charge in [-0.15, -0.1) is 0 Å². The minimum Gasteiger partial charge on any atom is -0.385 e. The molecule has 2 aromatic heterocycles. The van der Waals surface area contributed by atoms with E-state index in [0.717, 1.165) is 61.3 Å². The van der Waals surface area contributed by atoms with E-state index in [1.165, 1.54) is 36.0 Å². The molecule has 35 heavy (non-hydrogen) atoms. The number of rotatable bonds is 8. The van der Waals surface area contributed by atoms with Gasteiger partial charge in [-0.05, 0) is 74.5 Å². The molecule has 6 heteroatoms. The third kappa shape index (κ3) is 5.85. The van der Waals surface area contributed by atoms with Gasteiger partial charge >= 0.3 is 0 Å². The lowest BCUT2D eigenvalue weighted by Crippen LogP contribution is -2.35. The largest absolute Gasteiger partial charge is 0.385 e. The number of hydrogen-bond donors (Lipinski definition) is 0. The summed E-state index contributed by atoms with van der Waals surface area (Å²) in [6, 6.07) is 7.18. The first-order valence-electron chi connectivity index (χ1n) is 13.2. The fraction of sp³-hybridized carbons (Fsp3) is 0.621. The van der Waals surface area contributed by atoms with Gasteiger partial charge in [0.1, 0.15) is 5.52 Å². The van der Waals surface area contributed by atoms with Crippen molar-refractivity contribution in [2.24, 2.45) is 5.92 Å². The van der Waals surface area contributed by atoms with E-state index >= 15 is 0 Å². The Bertz CT molecular complexity index is 1140. The quantitative estimate of drug-likeness (QED) is 0.359. The highest BCUT2D eigenvalue weighted by atomic mass is 16.5. The highest BCUT2D eigenvalue weighted by Gasteiger charge is 2.24. The van der Waals surface area contributed by atoms with E-state index in [9.17, 15) is 0 Å². The van der Waals surface area contributed by atoms with Crippen molar-refractivity contribution in [1.82, 2.24) is 19.5 Å². The predicted octanol–water partition coefficient (Wildman–Crippen LogP) is 6.25. The number of aryl methyl sites for hydroxylation is 1. The summed E-state index contributed by atoms with van der Waals surface area (Å²) in [5.74, 6) is 1.61.